The number of methoxy groups -OCH3 is 1. The summed E-state index contributed by atoms with van der Waals surface area (Å²) in [5.74, 6) is -0.330. The van der Waals surface area contributed by atoms with Crippen molar-refractivity contribution in [2.45, 2.75) is 25.5 Å². The van der Waals surface area contributed by atoms with Crippen molar-refractivity contribution in [1.29, 1.82) is 0 Å². The third-order valence-corrected chi connectivity index (χ3v) is 8.51. The average molecular weight is 573 g/mol. The van der Waals surface area contributed by atoms with Crippen LogP contribution in [0.25, 0.3) is 16.9 Å². The molecular weight excluding hydrogens is 539 g/mol. The van der Waals surface area contributed by atoms with Crippen molar-refractivity contribution in [2.24, 2.45) is 0 Å². The summed E-state index contributed by atoms with van der Waals surface area (Å²) >= 11 is 1.35. The Morgan fingerprint density at radius 3 is 2.59 bits per heavy atom. The molecule has 0 bridgehead atoms. The minimum absolute atomic E-state index is 0.0751. The monoisotopic (exact) mass is 572 g/mol. The maximum absolute atomic E-state index is 15.4. The Morgan fingerprint density at radius 1 is 1.07 bits per heavy atom. The number of nitrogens with one attached hydrogen (secondary N) is 1. The van der Waals surface area contributed by atoms with Gasteiger partial charge < -0.3 is 10.1 Å². The number of ether oxygens (including phenoxy) is 1. The molecule has 0 unspecified atom stereocenters. The maximum atomic E-state index is 15.4. The number of thioether (sulfide) groups is 1. The Kier molecular flexibility index (Phi) is 8.85. The van der Waals surface area contributed by atoms with Gasteiger partial charge in [0.05, 0.1) is 22.4 Å². The number of nitrogens with zero attached hydrogens (tertiary/aromatic N) is 3. The molecule has 212 valence electrons. The van der Waals surface area contributed by atoms with E-state index in [9.17, 15) is 9.59 Å². The second-order valence-corrected chi connectivity index (χ2v) is 11.1. The highest BCUT2D eigenvalue weighted by atomic mass is 32.2. The predicted molar refractivity (Wildman–Crippen MR) is 161 cm³/mol. The zero-order chi connectivity index (χ0) is 28.9. The van der Waals surface area contributed by atoms with Gasteiger partial charge in [0.25, 0.3) is 0 Å². The lowest BCUT2D eigenvalue weighted by atomic mass is 9.99. The molecule has 1 aliphatic rings. The first kappa shape index (κ1) is 28.6. The fraction of sp³-hybridized carbons (Fsp3) is 0.281. The quantitative estimate of drug-likeness (QED) is 0.264. The number of hydrogen-bond acceptors (Lipinski definition) is 5. The average Bonchev–Trinajstić information content (AvgIpc) is 3.30. The summed E-state index contributed by atoms with van der Waals surface area (Å²) in [6, 6.07) is 22.3. The molecule has 0 saturated carbocycles. The molecule has 5 rings (SSSR count). The molecule has 2 heterocycles. The summed E-state index contributed by atoms with van der Waals surface area (Å²) in [5, 5.41) is 7.47. The number of carbonyl (C=O) groups is 2. The number of fused-ring (bicyclic) bond motifs is 1. The van der Waals surface area contributed by atoms with Gasteiger partial charge in [-0.2, -0.15) is 5.10 Å². The number of hydrogen-bond donors (Lipinski definition) is 1. The van der Waals surface area contributed by atoms with Gasteiger partial charge in [0.15, 0.2) is 0 Å². The first-order chi connectivity index (χ1) is 19.9. The van der Waals surface area contributed by atoms with E-state index in [0.717, 1.165) is 22.4 Å². The molecule has 0 fully saturated rings. The van der Waals surface area contributed by atoms with Crippen molar-refractivity contribution in [2.75, 3.05) is 37.5 Å². The first-order valence-electron chi connectivity index (χ1n) is 13.6. The normalized spacial score (nSPS) is 15.0. The van der Waals surface area contributed by atoms with Crippen LogP contribution in [0.3, 0.4) is 0 Å². The highest BCUT2D eigenvalue weighted by Crippen LogP contribution is 2.49. The third kappa shape index (κ3) is 5.92. The topological polar surface area (TPSA) is 76.5 Å². The van der Waals surface area contributed by atoms with E-state index in [1.54, 1.807) is 30.0 Å². The number of halogens is 1. The van der Waals surface area contributed by atoms with Crippen molar-refractivity contribution < 1.29 is 18.7 Å². The molecule has 3 aromatic carbocycles. The van der Waals surface area contributed by atoms with Crippen LogP contribution < -0.4 is 10.2 Å². The third-order valence-electron chi connectivity index (χ3n) is 7.28. The maximum Gasteiger partial charge on any atom is 0.240 e. The number of benzene rings is 3. The minimum Gasteiger partial charge on any atom is -0.385 e. The van der Waals surface area contributed by atoms with Gasteiger partial charge in [-0.25, -0.2) is 9.07 Å². The van der Waals surface area contributed by atoms with Gasteiger partial charge in [-0.05, 0) is 43.5 Å². The summed E-state index contributed by atoms with van der Waals surface area (Å²) in [6.45, 7) is 4.80. The fourth-order valence-electron chi connectivity index (χ4n) is 5.04. The number of anilines is 1. The number of aryl methyl sites for hydroxylation is 1. The van der Waals surface area contributed by atoms with E-state index in [1.165, 1.54) is 22.7 Å². The molecule has 1 N–H and O–H groups in total. The lowest BCUT2D eigenvalue weighted by molar-refractivity contribution is -0.122. The molecule has 0 radical (unpaired) electrons. The lowest BCUT2D eigenvalue weighted by Crippen LogP contribution is -2.42. The van der Waals surface area contributed by atoms with Gasteiger partial charge in [-0.1, -0.05) is 60.7 Å². The Morgan fingerprint density at radius 2 is 1.83 bits per heavy atom. The van der Waals surface area contributed by atoms with Gasteiger partial charge in [-0.3, -0.25) is 14.5 Å². The Bertz CT molecular complexity index is 1560. The van der Waals surface area contributed by atoms with Crippen LogP contribution in [0.15, 0.2) is 72.8 Å². The second kappa shape index (κ2) is 12.7. The zero-order valence-electron chi connectivity index (χ0n) is 23.4. The Hall–Kier alpha value is -3.95. The zero-order valence-corrected chi connectivity index (χ0v) is 24.2. The van der Waals surface area contributed by atoms with E-state index in [2.05, 4.69) is 5.32 Å². The Balaban J connectivity index is 1.75. The Labute approximate surface area is 243 Å². The summed E-state index contributed by atoms with van der Waals surface area (Å²) in [7, 11) is 1.61. The van der Waals surface area contributed by atoms with Gasteiger partial charge in [-0.15, -0.1) is 11.8 Å². The molecule has 7 nitrogen and oxygen atoms in total. The smallest absolute Gasteiger partial charge is 0.240 e. The molecular formula is C32H33FN4O3S. The van der Waals surface area contributed by atoms with E-state index < -0.39 is 5.25 Å². The summed E-state index contributed by atoms with van der Waals surface area (Å²) in [5.41, 5.74) is 5.50. The lowest BCUT2D eigenvalue weighted by Gasteiger charge is -2.24. The summed E-state index contributed by atoms with van der Waals surface area (Å²) in [4.78, 5) is 28.5. The molecule has 9 heteroatoms. The molecule has 41 heavy (non-hydrogen) atoms. The fourth-order valence-corrected chi connectivity index (χ4v) is 6.26. The van der Waals surface area contributed by atoms with E-state index >= 15 is 4.39 Å². The molecule has 1 atom stereocenters. The second-order valence-electron chi connectivity index (χ2n) is 9.97. The van der Waals surface area contributed by atoms with Crippen molar-refractivity contribution in [1.82, 2.24) is 15.1 Å². The van der Waals surface area contributed by atoms with Gasteiger partial charge in [0, 0.05) is 37.0 Å². The largest absolute Gasteiger partial charge is 0.385 e. The first-order valence-corrected chi connectivity index (χ1v) is 14.6. The highest BCUT2D eigenvalue weighted by molar-refractivity contribution is 8.00. The molecule has 0 saturated heterocycles. The minimum atomic E-state index is -0.529. The summed E-state index contributed by atoms with van der Waals surface area (Å²) in [6.07, 6.45) is 0.658. The van der Waals surface area contributed by atoms with Crippen LogP contribution >= 0.6 is 11.8 Å². The van der Waals surface area contributed by atoms with Crippen LogP contribution in [0.2, 0.25) is 0 Å². The van der Waals surface area contributed by atoms with Crippen LogP contribution in [0.4, 0.5) is 10.2 Å². The van der Waals surface area contributed by atoms with Crippen LogP contribution in [-0.2, 0) is 14.3 Å². The van der Waals surface area contributed by atoms with E-state index in [4.69, 9.17) is 9.84 Å². The van der Waals surface area contributed by atoms with Crippen LogP contribution in [0.1, 0.15) is 33.9 Å². The van der Waals surface area contributed by atoms with Crippen molar-refractivity contribution in [3.63, 3.8) is 0 Å². The number of amides is 2. The standard InChI is InChI=1S/C32H33FN4O3S/c1-21-11-9-16-26(22(21)2)37-32-29(30(35-37)23-12-5-4-6-13-23)31(24-14-7-8-15-25(24)33)41-20-28(39)36(32)19-27(38)34-17-10-18-40-3/h4-9,11-16,31H,10,17-20H2,1-3H3,(H,34,38)/t31-/m1/s1. The van der Waals surface area contributed by atoms with Gasteiger partial charge in [0.1, 0.15) is 18.2 Å². The predicted octanol–water partition coefficient (Wildman–Crippen LogP) is 5.62. The highest BCUT2D eigenvalue weighted by Gasteiger charge is 2.38. The van der Waals surface area contributed by atoms with Crippen molar-refractivity contribution in [3.8, 4) is 16.9 Å². The molecule has 4 aromatic rings. The van der Waals surface area contributed by atoms with Gasteiger partial charge in [0.2, 0.25) is 11.8 Å². The van der Waals surface area contributed by atoms with E-state index in [1.807, 2.05) is 62.4 Å². The summed E-state index contributed by atoms with van der Waals surface area (Å²) < 4.78 is 22.2. The SMILES string of the molecule is COCCCNC(=O)CN1C(=O)CS[C@H](c2ccccc2F)c2c(-c3ccccc3)nn(-c3cccc(C)c3C)c21. The van der Waals surface area contributed by atoms with Crippen LogP contribution in [0.5, 0.6) is 0 Å². The van der Waals surface area contributed by atoms with Gasteiger partial charge >= 0.3 is 0 Å². The van der Waals surface area contributed by atoms with E-state index in [0.29, 0.717) is 42.2 Å². The number of rotatable bonds is 9. The molecule has 0 aliphatic carbocycles. The number of aromatic nitrogens is 2. The van der Waals surface area contributed by atoms with E-state index in [-0.39, 0.29) is 29.9 Å². The molecule has 2 amide bonds. The molecule has 0 spiro atoms. The number of carbonyl (C=O) groups excluding carboxylic acids is 2. The van der Waals surface area contributed by atoms with Crippen LogP contribution in [0, 0.1) is 19.7 Å². The van der Waals surface area contributed by atoms with Crippen molar-refractivity contribution >= 4 is 29.4 Å². The molecule has 1 aliphatic heterocycles. The van der Waals surface area contributed by atoms with Crippen LogP contribution in [-0.4, -0.2) is 54.2 Å². The molecule has 1 aromatic heterocycles. The van der Waals surface area contributed by atoms with Crippen molar-refractivity contribution in [3.05, 3.63) is 101 Å².